The van der Waals surface area contributed by atoms with Crippen LogP contribution in [0.4, 0.5) is 0 Å². The first-order valence-corrected chi connectivity index (χ1v) is 6.27. The lowest BCUT2D eigenvalue weighted by molar-refractivity contribution is 0.674. The Hall–Kier alpha value is -0.300. The minimum atomic E-state index is 0.780. The van der Waals surface area contributed by atoms with Crippen molar-refractivity contribution in [2.75, 3.05) is 0 Å². The second-order valence-electron chi connectivity index (χ2n) is 4.25. The monoisotopic (exact) mass is 194 g/mol. The van der Waals surface area contributed by atoms with Crippen molar-refractivity contribution in [3.8, 4) is 0 Å². The van der Waals surface area contributed by atoms with Gasteiger partial charge in [0.15, 0.2) is 0 Å². The maximum Gasteiger partial charge on any atom is 0.00763 e. The van der Waals surface area contributed by atoms with E-state index in [0.717, 1.165) is 11.8 Å². The second kappa shape index (κ2) is 3.83. The van der Waals surface area contributed by atoms with E-state index in [0.29, 0.717) is 0 Å². The molecule has 1 aromatic rings. The van der Waals surface area contributed by atoms with Crippen LogP contribution in [0.3, 0.4) is 0 Å². The largest absolute Gasteiger partial charge is 0.148 e. The molecule has 0 saturated heterocycles. The van der Waals surface area contributed by atoms with Gasteiger partial charge in [-0.2, -0.15) is 0 Å². The molecule has 1 heterocycles. The lowest BCUT2D eigenvalue weighted by Crippen LogP contribution is -1.88. The summed E-state index contributed by atoms with van der Waals surface area (Å²) in [6.07, 6.45) is 5.50. The molecular formula is C12H18S. The Bertz CT molecular complexity index is 270. The van der Waals surface area contributed by atoms with Gasteiger partial charge in [0, 0.05) is 4.88 Å². The summed E-state index contributed by atoms with van der Waals surface area (Å²) in [5.41, 5.74) is 1.61. The van der Waals surface area contributed by atoms with Crippen molar-refractivity contribution < 1.29 is 0 Å². The van der Waals surface area contributed by atoms with Crippen molar-refractivity contribution in [1.29, 1.82) is 0 Å². The highest BCUT2D eigenvalue weighted by Crippen LogP contribution is 2.43. The Morgan fingerprint density at radius 3 is 2.92 bits per heavy atom. The van der Waals surface area contributed by atoms with E-state index < -0.39 is 0 Å². The van der Waals surface area contributed by atoms with Gasteiger partial charge in [-0.05, 0) is 48.1 Å². The Labute approximate surface area is 85.0 Å². The normalized spacial score (nSPS) is 18.9. The molecule has 0 nitrogen and oxygen atoms in total. The minimum Gasteiger partial charge on any atom is -0.148 e. The molecule has 72 valence electrons. The van der Waals surface area contributed by atoms with Crippen LogP contribution in [0.15, 0.2) is 11.4 Å². The molecule has 0 aromatic carbocycles. The van der Waals surface area contributed by atoms with Crippen molar-refractivity contribution in [1.82, 2.24) is 0 Å². The SMILES string of the molecule is CCCC(C)c1cc(C2CC2)cs1. The summed E-state index contributed by atoms with van der Waals surface area (Å²) in [7, 11) is 0. The quantitative estimate of drug-likeness (QED) is 0.660. The maximum atomic E-state index is 2.45. The van der Waals surface area contributed by atoms with Gasteiger partial charge in [-0.25, -0.2) is 0 Å². The lowest BCUT2D eigenvalue weighted by Gasteiger charge is -2.05. The van der Waals surface area contributed by atoms with Gasteiger partial charge in [-0.15, -0.1) is 11.3 Å². The molecule has 13 heavy (non-hydrogen) atoms. The number of hydrogen-bond acceptors (Lipinski definition) is 1. The smallest absolute Gasteiger partial charge is 0.00763 e. The molecule has 0 spiro atoms. The summed E-state index contributed by atoms with van der Waals surface area (Å²) >= 11 is 1.97. The molecule has 1 aliphatic carbocycles. The van der Waals surface area contributed by atoms with Crippen molar-refractivity contribution in [3.05, 3.63) is 21.9 Å². The zero-order valence-electron chi connectivity index (χ0n) is 8.55. The average molecular weight is 194 g/mol. The van der Waals surface area contributed by atoms with E-state index >= 15 is 0 Å². The lowest BCUT2D eigenvalue weighted by atomic mass is 10.0. The van der Waals surface area contributed by atoms with Crippen LogP contribution in [-0.2, 0) is 0 Å². The summed E-state index contributed by atoms with van der Waals surface area (Å²) in [6, 6.07) is 2.45. The van der Waals surface area contributed by atoms with Gasteiger partial charge in [-0.3, -0.25) is 0 Å². The highest BCUT2D eigenvalue weighted by atomic mass is 32.1. The molecule has 2 rings (SSSR count). The van der Waals surface area contributed by atoms with E-state index in [1.807, 2.05) is 11.3 Å². The zero-order valence-corrected chi connectivity index (χ0v) is 9.36. The third-order valence-corrected chi connectivity index (χ3v) is 4.08. The summed E-state index contributed by atoms with van der Waals surface area (Å²) in [6.45, 7) is 4.62. The first kappa shape index (κ1) is 9.26. The third kappa shape index (κ3) is 2.14. The van der Waals surface area contributed by atoms with E-state index in [1.54, 1.807) is 10.4 Å². The summed E-state index contributed by atoms with van der Waals surface area (Å²) in [5.74, 6) is 1.71. The molecule has 0 aliphatic heterocycles. The van der Waals surface area contributed by atoms with Crippen LogP contribution in [0.25, 0.3) is 0 Å². The van der Waals surface area contributed by atoms with Crippen LogP contribution >= 0.6 is 11.3 Å². The predicted molar refractivity (Wildman–Crippen MR) is 59.6 cm³/mol. The molecule has 1 aliphatic rings. The summed E-state index contributed by atoms with van der Waals surface area (Å²) in [5, 5.41) is 2.37. The first-order valence-electron chi connectivity index (χ1n) is 5.39. The van der Waals surface area contributed by atoms with Crippen molar-refractivity contribution >= 4 is 11.3 Å². The standard InChI is InChI=1S/C12H18S/c1-3-4-9(2)12-7-11(8-13-12)10-5-6-10/h7-10H,3-6H2,1-2H3. The highest BCUT2D eigenvalue weighted by Gasteiger charge is 2.24. The zero-order chi connectivity index (χ0) is 9.26. The number of thiophene rings is 1. The average Bonchev–Trinajstić information content (AvgIpc) is 2.84. The molecule has 1 unspecified atom stereocenters. The van der Waals surface area contributed by atoms with E-state index in [2.05, 4.69) is 25.3 Å². The number of rotatable bonds is 4. The van der Waals surface area contributed by atoms with Crippen molar-refractivity contribution in [3.63, 3.8) is 0 Å². The van der Waals surface area contributed by atoms with Gasteiger partial charge in [0.25, 0.3) is 0 Å². The first-order chi connectivity index (χ1) is 6.31. The van der Waals surface area contributed by atoms with Gasteiger partial charge in [0.2, 0.25) is 0 Å². The van der Waals surface area contributed by atoms with Crippen molar-refractivity contribution in [2.24, 2.45) is 0 Å². The number of hydrogen-bond donors (Lipinski definition) is 0. The fourth-order valence-corrected chi connectivity index (χ4v) is 2.92. The molecule has 0 radical (unpaired) electrons. The molecule has 1 saturated carbocycles. The molecule has 1 heteroatoms. The van der Waals surface area contributed by atoms with Crippen LogP contribution in [0, 0.1) is 0 Å². The Kier molecular flexibility index (Phi) is 2.73. The predicted octanol–water partition coefficient (Wildman–Crippen LogP) is 4.53. The van der Waals surface area contributed by atoms with Crippen molar-refractivity contribution in [2.45, 2.75) is 51.4 Å². The van der Waals surface area contributed by atoms with Crippen LogP contribution in [0.5, 0.6) is 0 Å². The van der Waals surface area contributed by atoms with Gasteiger partial charge >= 0.3 is 0 Å². The molecule has 1 atom stereocenters. The molecule has 1 fully saturated rings. The van der Waals surface area contributed by atoms with Crippen LogP contribution in [0.1, 0.15) is 61.8 Å². The molecule has 0 bridgehead atoms. The Morgan fingerprint density at radius 1 is 1.54 bits per heavy atom. The van der Waals surface area contributed by atoms with E-state index in [9.17, 15) is 0 Å². The summed E-state index contributed by atoms with van der Waals surface area (Å²) < 4.78 is 0. The third-order valence-electron chi connectivity index (χ3n) is 2.90. The van der Waals surface area contributed by atoms with Gasteiger partial charge in [-0.1, -0.05) is 20.3 Å². The maximum absolute atomic E-state index is 2.45. The second-order valence-corrected chi connectivity index (χ2v) is 5.19. The fraction of sp³-hybridized carbons (Fsp3) is 0.667. The summed E-state index contributed by atoms with van der Waals surface area (Å²) in [4.78, 5) is 1.60. The Morgan fingerprint density at radius 2 is 2.31 bits per heavy atom. The van der Waals surface area contributed by atoms with Gasteiger partial charge in [0.05, 0.1) is 0 Å². The molecule has 0 amide bonds. The van der Waals surface area contributed by atoms with Crippen LogP contribution in [-0.4, -0.2) is 0 Å². The minimum absolute atomic E-state index is 0.780. The van der Waals surface area contributed by atoms with Crippen LogP contribution < -0.4 is 0 Å². The van der Waals surface area contributed by atoms with E-state index in [4.69, 9.17) is 0 Å². The van der Waals surface area contributed by atoms with E-state index in [-0.39, 0.29) is 0 Å². The van der Waals surface area contributed by atoms with Crippen LogP contribution in [0.2, 0.25) is 0 Å². The molecular weight excluding hydrogens is 176 g/mol. The Balaban J connectivity index is 2.03. The fourth-order valence-electron chi connectivity index (χ4n) is 1.83. The van der Waals surface area contributed by atoms with Gasteiger partial charge < -0.3 is 0 Å². The highest BCUT2D eigenvalue weighted by molar-refractivity contribution is 7.10. The molecule has 1 aromatic heterocycles. The topological polar surface area (TPSA) is 0 Å². The van der Waals surface area contributed by atoms with E-state index in [1.165, 1.54) is 25.7 Å². The van der Waals surface area contributed by atoms with Gasteiger partial charge in [0.1, 0.15) is 0 Å². The molecule has 0 N–H and O–H groups in total.